The van der Waals surface area contributed by atoms with Gasteiger partial charge in [-0.05, 0) is 25.8 Å². The lowest BCUT2D eigenvalue weighted by Gasteiger charge is -2.29. The van der Waals surface area contributed by atoms with Crippen molar-refractivity contribution in [3.63, 3.8) is 0 Å². The minimum Gasteiger partial charge on any atom is -0.477 e. The quantitative estimate of drug-likeness (QED) is 0.687. The summed E-state index contributed by atoms with van der Waals surface area (Å²) in [7, 11) is 1.95. The number of ether oxygens (including phenoxy) is 1. The fourth-order valence-corrected chi connectivity index (χ4v) is 3.39. The molecule has 1 aliphatic rings. The normalized spacial score (nSPS) is 26.1. The van der Waals surface area contributed by atoms with Crippen molar-refractivity contribution in [1.82, 2.24) is 19.9 Å². The van der Waals surface area contributed by atoms with Crippen LogP contribution in [0.4, 0.5) is 0 Å². The number of aliphatic hydroxyl groups excluding tert-OH is 2. The molecule has 2 aromatic rings. The molecule has 0 spiro atoms. The predicted molar refractivity (Wildman–Crippen MR) is 93.1 cm³/mol. The van der Waals surface area contributed by atoms with Gasteiger partial charge in [0.05, 0.1) is 25.4 Å². The third kappa shape index (κ3) is 4.36. The minimum absolute atomic E-state index is 0.338. The fraction of sp³-hybridized carbons (Fsp3) is 0.556. The number of aliphatic hydroxyl groups is 2. The van der Waals surface area contributed by atoms with E-state index in [1.165, 1.54) is 0 Å². The number of aromatic nitrogens is 3. The van der Waals surface area contributed by atoms with Crippen LogP contribution in [0.1, 0.15) is 24.4 Å². The maximum atomic E-state index is 10.0. The number of pyridine rings is 1. The summed E-state index contributed by atoms with van der Waals surface area (Å²) in [5, 5.41) is 23.5. The van der Waals surface area contributed by atoms with Crippen LogP contribution in [0.25, 0.3) is 0 Å². The standard InChI is InChI=1S/C18H26N4O3/c1-13-4-3-5-17(21-13)25-12-18(8-14(23)15(24)9-18)11-19-10-16-20-6-7-22(16)2/h3-7,14-15,19,23-24H,8-12H2,1-2H3. The van der Waals surface area contributed by atoms with E-state index in [1.54, 1.807) is 6.20 Å². The van der Waals surface area contributed by atoms with Gasteiger partial charge in [-0.25, -0.2) is 9.97 Å². The van der Waals surface area contributed by atoms with E-state index < -0.39 is 12.2 Å². The average molecular weight is 346 g/mol. The Balaban J connectivity index is 1.63. The van der Waals surface area contributed by atoms with Crippen molar-refractivity contribution >= 4 is 0 Å². The SMILES string of the molecule is Cc1cccc(OCC2(CNCc3nccn3C)CC(O)C(O)C2)n1. The van der Waals surface area contributed by atoms with Crippen molar-refractivity contribution in [1.29, 1.82) is 0 Å². The number of nitrogens with one attached hydrogen (secondary N) is 1. The second-order valence-electron chi connectivity index (χ2n) is 7.01. The van der Waals surface area contributed by atoms with Crippen LogP contribution in [0, 0.1) is 12.3 Å². The van der Waals surface area contributed by atoms with E-state index in [-0.39, 0.29) is 5.41 Å². The molecule has 1 saturated carbocycles. The van der Waals surface area contributed by atoms with Gasteiger partial charge in [0.25, 0.3) is 0 Å². The topological polar surface area (TPSA) is 92.4 Å². The Hall–Kier alpha value is -1.96. The second-order valence-corrected chi connectivity index (χ2v) is 7.01. The van der Waals surface area contributed by atoms with Crippen LogP contribution in [0.15, 0.2) is 30.6 Å². The Kier molecular flexibility index (Phi) is 5.36. The first-order valence-electron chi connectivity index (χ1n) is 8.57. The number of nitrogens with zero attached hydrogens (tertiary/aromatic N) is 3. The molecule has 25 heavy (non-hydrogen) atoms. The first-order chi connectivity index (χ1) is 12.0. The van der Waals surface area contributed by atoms with Gasteiger partial charge in [-0.1, -0.05) is 6.07 Å². The summed E-state index contributed by atoms with van der Waals surface area (Å²) in [5.74, 6) is 1.51. The molecule has 0 aliphatic heterocycles. The summed E-state index contributed by atoms with van der Waals surface area (Å²) in [6.45, 7) is 3.56. The molecule has 7 heteroatoms. The molecule has 136 valence electrons. The summed E-state index contributed by atoms with van der Waals surface area (Å²) in [6.07, 6.45) is 3.22. The molecule has 0 amide bonds. The summed E-state index contributed by atoms with van der Waals surface area (Å²) in [5.41, 5.74) is 0.557. The van der Waals surface area contributed by atoms with Crippen LogP contribution in [0.5, 0.6) is 5.88 Å². The monoisotopic (exact) mass is 346 g/mol. The smallest absolute Gasteiger partial charge is 0.213 e. The number of imidazole rings is 1. The van der Waals surface area contributed by atoms with Gasteiger partial charge in [-0.2, -0.15) is 0 Å². The first-order valence-corrected chi connectivity index (χ1v) is 8.57. The lowest BCUT2D eigenvalue weighted by molar-refractivity contribution is 0.0438. The number of hydrogen-bond acceptors (Lipinski definition) is 6. The van der Waals surface area contributed by atoms with Crippen molar-refractivity contribution in [2.45, 2.75) is 38.5 Å². The van der Waals surface area contributed by atoms with Crippen LogP contribution in [0.3, 0.4) is 0 Å². The molecule has 3 rings (SSSR count). The van der Waals surface area contributed by atoms with Gasteiger partial charge in [0, 0.05) is 43.2 Å². The largest absolute Gasteiger partial charge is 0.477 e. The van der Waals surface area contributed by atoms with Crippen molar-refractivity contribution in [2.75, 3.05) is 13.2 Å². The van der Waals surface area contributed by atoms with E-state index in [9.17, 15) is 10.2 Å². The van der Waals surface area contributed by atoms with E-state index in [0.29, 0.717) is 38.4 Å². The molecule has 2 atom stereocenters. The fourth-order valence-electron chi connectivity index (χ4n) is 3.39. The van der Waals surface area contributed by atoms with E-state index in [0.717, 1.165) is 11.5 Å². The van der Waals surface area contributed by atoms with Crippen LogP contribution in [0.2, 0.25) is 0 Å². The van der Waals surface area contributed by atoms with Gasteiger partial charge in [-0.15, -0.1) is 0 Å². The Morgan fingerprint density at radius 3 is 2.72 bits per heavy atom. The third-order valence-corrected chi connectivity index (χ3v) is 4.82. The van der Waals surface area contributed by atoms with Crippen molar-refractivity contribution in [3.05, 3.63) is 42.1 Å². The van der Waals surface area contributed by atoms with Gasteiger partial charge >= 0.3 is 0 Å². The molecular formula is C18H26N4O3. The molecule has 2 aromatic heterocycles. The van der Waals surface area contributed by atoms with Gasteiger partial charge in [0.2, 0.25) is 5.88 Å². The molecule has 1 aliphatic carbocycles. The zero-order valence-electron chi connectivity index (χ0n) is 14.7. The Morgan fingerprint density at radius 1 is 1.32 bits per heavy atom. The number of rotatable bonds is 7. The summed E-state index contributed by atoms with van der Waals surface area (Å²) >= 11 is 0. The zero-order chi connectivity index (χ0) is 17.9. The second kappa shape index (κ2) is 7.51. The lowest BCUT2D eigenvalue weighted by atomic mass is 9.86. The molecule has 7 nitrogen and oxygen atoms in total. The van der Waals surface area contributed by atoms with E-state index in [2.05, 4.69) is 15.3 Å². The average Bonchev–Trinajstić information content (AvgIpc) is 3.10. The first kappa shape index (κ1) is 17.8. The van der Waals surface area contributed by atoms with Crippen molar-refractivity contribution in [2.24, 2.45) is 12.5 Å². The van der Waals surface area contributed by atoms with Gasteiger partial charge in [-0.3, -0.25) is 0 Å². The van der Waals surface area contributed by atoms with E-state index in [4.69, 9.17) is 4.74 Å². The highest BCUT2D eigenvalue weighted by atomic mass is 16.5. The van der Waals surface area contributed by atoms with Crippen molar-refractivity contribution in [3.8, 4) is 5.88 Å². The Morgan fingerprint density at radius 2 is 2.08 bits per heavy atom. The van der Waals surface area contributed by atoms with Crippen LogP contribution >= 0.6 is 0 Å². The van der Waals surface area contributed by atoms with Crippen LogP contribution < -0.4 is 10.1 Å². The molecule has 0 aromatic carbocycles. The number of hydrogen-bond donors (Lipinski definition) is 3. The number of aryl methyl sites for hydroxylation is 2. The molecule has 0 saturated heterocycles. The van der Waals surface area contributed by atoms with Gasteiger partial charge in [0.1, 0.15) is 5.82 Å². The van der Waals surface area contributed by atoms with Crippen molar-refractivity contribution < 1.29 is 14.9 Å². The highest BCUT2D eigenvalue weighted by Crippen LogP contribution is 2.38. The maximum Gasteiger partial charge on any atom is 0.213 e. The maximum absolute atomic E-state index is 10.0. The van der Waals surface area contributed by atoms with Crippen LogP contribution in [-0.2, 0) is 13.6 Å². The molecule has 0 radical (unpaired) electrons. The molecule has 0 bridgehead atoms. The van der Waals surface area contributed by atoms with Gasteiger partial charge in [0.15, 0.2) is 0 Å². The Labute approximate surface area is 147 Å². The summed E-state index contributed by atoms with van der Waals surface area (Å²) < 4.78 is 7.85. The molecular weight excluding hydrogens is 320 g/mol. The van der Waals surface area contributed by atoms with Gasteiger partial charge < -0.3 is 24.8 Å². The lowest BCUT2D eigenvalue weighted by Crippen LogP contribution is -2.38. The highest BCUT2D eigenvalue weighted by molar-refractivity contribution is 5.15. The molecule has 2 heterocycles. The zero-order valence-corrected chi connectivity index (χ0v) is 14.7. The molecule has 1 fully saturated rings. The van der Waals surface area contributed by atoms with E-state index >= 15 is 0 Å². The van der Waals surface area contributed by atoms with E-state index in [1.807, 2.05) is 42.9 Å². The summed E-state index contributed by atoms with van der Waals surface area (Å²) in [6, 6.07) is 5.64. The molecule has 2 unspecified atom stereocenters. The summed E-state index contributed by atoms with van der Waals surface area (Å²) in [4.78, 5) is 8.65. The third-order valence-electron chi connectivity index (χ3n) is 4.82. The Bertz CT molecular complexity index is 693. The molecule has 3 N–H and O–H groups in total. The predicted octanol–water partition coefficient (Wildman–Crippen LogP) is 0.794. The van der Waals surface area contributed by atoms with Crippen LogP contribution in [-0.4, -0.2) is 50.1 Å². The highest BCUT2D eigenvalue weighted by Gasteiger charge is 2.44. The minimum atomic E-state index is -0.718.